The lowest BCUT2D eigenvalue weighted by Crippen LogP contribution is -2.27. The molecule has 1 aliphatic carbocycles. The zero-order valence-corrected chi connectivity index (χ0v) is 19.9. The molecule has 2 heterocycles. The second-order valence-electron chi connectivity index (χ2n) is 9.76. The van der Waals surface area contributed by atoms with Gasteiger partial charge in [0.2, 0.25) is 0 Å². The van der Waals surface area contributed by atoms with Gasteiger partial charge in [-0.25, -0.2) is 4.98 Å². The smallest absolute Gasteiger partial charge is 0.263 e. The van der Waals surface area contributed by atoms with Crippen LogP contribution in [0.15, 0.2) is 22.1 Å². The van der Waals surface area contributed by atoms with Crippen LogP contribution in [-0.2, 0) is 19.4 Å². The number of allylic oxidation sites excluding steroid dienone is 1. The van der Waals surface area contributed by atoms with Gasteiger partial charge in [0.25, 0.3) is 5.56 Å². The summed E-state index contributed by atoms with van der Waals surface area (Å²) in [7, 11) is 0. The third kappa shape index (κ3) is 4.56. The van der Waals surface area contributed by atoms with Crippen LogP contribution >= 0.6 is 23.1 Å². The zero-order valence-electron chi connectivity index (χ0n) is 18.2. The van der Waals surface area contributed by atoms with Crippen LogP contribution in [0.25, 0.3) is 10.2 Å². The third-order valence-corrected chi connectivity index (χ3v) is 7.87. The predicted octanol–water partition coefficient (Wildman–Crippen LogP) is 6.32. The van der Waals surface area contributed by atoms with Crippen molar-refractivity contribution in [3.63, 3.8) is 0 Å². The summed E-state index contributed by atoms with van der Waals surface area (Å²) in [5.74, 6) is 2.31. The van der Waals surface area contributed by atoms with Crippen molar-refractivity contribution in [1.29, 1.82) is 0 Å². The number of nitrogens with zero attached hydrogens (tertiary/aromatic N) is 2. The number of thioether (sulfide) groups is 1. The summed E-state index contributed by atoms with van der Waals surface area (Å²) in [6, 6.07) is 0. The molecule has 28 heavy (non-hydrogen) atoms. The lowest BCUT2D eigenvalue weighted by Gasteiger charge is -2.33. The normalized spacial score (nSPS) is 17.3. The van der Waals surface area contributed by atoms with Crippen molar-refractivity contribution in [2.24, 2.45) is 17.3 Å². The van der Waals surface area contributed by atoms with Gasteiger partial charge >= 0.3 is 0 Å². The number of rotatable bonds is 6. The van der Waals surface area contributed by atoms with Gasteiger partial charge in [0.15, 0.2) is 5.16 Å². The van der Waals surface area contributed by atoms with Crippen molar-refractivity contribution in [3.05, 3.63) is 32.9 Å². The molecular weight excluding hydrogens is 384 g/mol. The lowest BCUT2D eigenvalue weighted by atomic mass is 9.72. The highest BCUT2D eigenvalue weighted by molar-refractivity contribution is 7.99. The van der Waals surface area contributed by atoms with Crippen LogP contribution < -0.4 is 5.56 Å². The molecule has 5 heteroatoms. The average molecular weight is 419 g/mol. The van der Waals surface area contributed by atoms with Crippen LogP contribution in [0.3, 0.4) is 0 Å². The SMILES string of the molecule is C=C(C)Cn1c(SCCC(C)C)nc2sc3c(c2c1=O)CC[C@H](C(C)(C)C)C3. The zero-order chi connectivity index (χ0) is 20.6. The second kappa shape index (κ2) is 8.35. The Morgan fingerprint density at radius 3 is 2.71 bits per heavy atom. The van der Waals surface area contributed by atoms with Crippen LogP contribution in [0.4, 0.5) is 0 Å². The molecule has 0 aromatic carbocycles. The van der Waals surface area contributed by atoms with Crippen molar-refractivity contribution in [3.8, 4) is 0 Å². The van der Waals surface area contributed by atoms with Crippen LogP contribution in [0.5, 0.6) is 0 Å². The number of aryl methyl sites for hydroxylation is 1. The molecule has 0 fully saturated rings. The fraction of sp³-hybridized carbons (Fsp3) is 0.652. The minimum atomic E-state index is 0.131. The van der Waals surface area contributed by atoms with Crippen molar-refractivity contribution in [1.82, 2.24) is 9.55 Å². The van der Waals surface area contributed by atoms with E-state index in [9.17, 15) is 4.79 Å². The average Bonchev–Trinajstić information content (AvgIpc) is 2.94. The Morgan fingerprint density at radius 2 is 2.11 bits per heavy atom. The number of aromatic nitrogens is 2. The Kier molecular flexibility index (Phi) is 6.45. The number of thiophene rings is 1. The van der Waals surface area contributed by atoms with E-state index in [0.29, 0.717) is 23.8 Å². The molecule has 0 saturated carbocycles. The number of fused-ring (bicyclic) bond motifs is 3. The van der Waals surface area contributed by atoms with Crippen LogP contribution in [0, 0.1) is 17.3 Å². The topological polar surface area (TPSA) is 34.9 Å². The summed E-state index contributed by atoms with van der Waals surface area (Å²) in [6.45, 7) is 18.0. The first kappa shape index (κ1) is 21.6. The van der Waals surface area contributed by atoms with Gasteiger partial charge in [-0.1, -0.05) is 58.5 Å². The first-order chi connectivity index (χ1) is 13.1. The van der Waals surface area contributed by atoms with E-state index in [4.69, 9.17) is 4.98 Å². The van der Waals surface area contributed by atoms with E-state index in [0.717, 1.165) is 52.4 Å². The van der Waals surface area contributed by atoms with Crippen LogP contribution in [-0.4, -0.2) is 15.3 Å². The maximum absolute atomic E-state index is 13.5. The van der Waals surface area contributed by atoms with Gasteiger partial charge in [-0.2, -0.15) is 0 Å². The molecular formula is C23H34N2OS2. The van der Waals surface area contributed by atoms with Gasteiger partial charge in [-0.15, -0.1) is 11.3 Å². The van der Waals surface area contributed by atoms with E-state index in [1.807, 2.05) is 11.5 Å². The van der Waals surface area contributed by atoms with Gasteiger partial charge in [-0.05, 0) is 55.4 Å². The second-order valence-corrected chi connectivity index (χ2v) is 11.9. The standard InChI is InChI=1S/C23H34N2OS2/c1-14(2)10-11-27-22-24-20-19(21(26)25(22)13-15(3)4)17-9-8-16(23(5,6)7)12-18(17)28-20/h14,16H,3,8-13H2,1-2,4-7H3/t16-/m0/s1. The van der Waals surface area contributed by atoms with E-state index in [1.54, 1.807) is 23.1 Å². The highest BCUT2D eigenvalue weighted by Crippen LogP contribution is 2.42. The quantitative estimate of drug-likeness (QED) is 0.313. The monoisotopic (exact) mass is 418 g/mol. The number of hydrogen-bond acceptors (Lipinski definition) is 4. The Labute approximate surface area is 177 Å². The van der Waals surface area contributed by atoms with E-state index in [2.05, 4.69) is 41.2 Å². The van der Waals surface area contributed by atoms with E-state index >= 15 is 0 Å². The largest absolute Gasteiger partial charge is 0.283 e. The molecule has 0 bridgehead atoms. The maximum atomic E-state index is 13.5. The van der Waals surface area contributed by atoms with Crippen molar-refractivity contribution in [2.75, 3.05) is 5.75 Å². The molecule has 0 radical (unpaired) electrons. The molecule has 3 rings (SSSR count). The third-order valence-electron chi connectivity index (χ3n) is 5.71. The van der Waals surface area contributed by atoms with Crippen molar-refractivity contribution in [2.45, 2.75) is 78.9 Å². The van der Waals surface area contributed by atoms with E-state index in [1.165, 1.54) is 10.4 Å². The summed E-state index contributed by atoms with van der Waals surface area (Å²) >= 11 is 3.47. The van der Waals surface area contributed by atoms with Crippen molar-refractivity contribution < 1.29 is 0 Å². The summed E-state index contributed by atoms with van der Waals surface area (Å²) < 4.78 is 1.86. The molecule has 1 aliphatic rings. The Morgan fingerprint density at radius 1 is 1.39 bits per heavy atom. The van der Waals surface area contributed by atoms with E-state index < -0.39 is 0 Å². The lowest BCUT2D eigenvalue weighted by molar-refractivity contribution is 0.218. The molecule has 2 aromatic rings. The van der Waals surface area contributed by atoms with Gasteiger partial charge in [0.05, 0.1) is 5.39 Å². The summed E-state index contributed by atoms with van der Waals surface area (Å²) in [5, 5.41) is 1.73. The molecule has 0 N–H and O–H groups in total. The summed E-state index contributed by atoms with van der Waals surface area (Å²) in [5.41, 5.74) is 2.70. The van der Waals surface area contributed by atoms with Gasteiger partial charge in [-0.3, -0.25) is 9.36 Å². The molecule has 0 amide bonds. The fourth-order valence-corrected chi connectivity index (χ4v) is 6.46. The van der Waals surface area contributed by atoms with E-state index in [-0.39, 0.29) is 5.56 Å². The highest BCUT2D eigenvalue weighted by atomic mass is 32.2. The predicted molar refractivity (Wildman–Crippen MR) is 124 cm³/mol. The Bertz CT molecular complexity index is 931. The minimum absolute atomic E-state index is 0.131. The van der Waals surface area contributed by atoms with Gasteiger partial charge in [0.1, 0.15) is 4.83 Å². The molecule has 3 nitrogen and oxygen atoms in total. The molecule has 154 valence electrons. The van der Waals surface area contributed by atoms with Crippen molar-refractivity contribution >= 4 is 33.3 Å². The Balaban J connectivity index is 2.05. The fourth-order valence-electron chi connectivity index (χ4n) is 3.88. The Hall–Kier alpha value is -1.07. The first-order valence-corrected chi connectivity index (χ1v) is 12.2. The summed E-state index contributed by atoms with van der Waals surface area (Å²) in [6.07, 6.45) is 4.36. The molecule has 2 aromatic heterocycles. The first-order valence-electron chi connectivity index (χ1n) is 10.4. The molecule has 0 saturated heterocycles. The maximum Gasteiger partial charge on any atom is 0.263 e. The molecule has 0 unspecified atom stereocenters. The summed E-state index contributed by atoms with van der Waals surface area (Å²) in [4.78, 5) is 20.8. The van der Waals surface area contributed by atoms with Gasteiger partial charge < -0.3 is 0 Å². The molecule has 1 atom stereocenters. The van der Waals surface area contributed by atoms with Gasteiger partial charge in [0, 0.05) is 17.2 Å². The number of hydrogen-bond donors (Lipinski definition) is 0. The molecule has 0 spiro atoms. The minimum Gasteiger partial charge on any atom is -0.283 e. The molecule has 0 aliphatic heterocycles. The highest BCUT2D eigenvalue weighted by Gasteiger charge is 2.32. The van der Waals surface area contributed by atoms with Crippen LogP contribution in [0.1, 0.15) is 64.8 Å². The van der Waals surface area contributed by atoms with Crippen LogP contribution in [0.2, 0.25) is 0 Å².